The molecule has 2 heteroatoms. The second-order valence-corrected chi connectivity index (χ2v) is 4.57. The lowest BCUT2D eigenvalue weighted by atomic mass is 10.1. The van der Waals surface area contributed by atoms with Gasteiger partial charge in [0, 0.05) is 23.6 Å². The van der Waals surface area contributed by atoms with Crippen LogP contribution in [0.25, 0.3) is 0 Å². The summed E-state index contributed by atoms with van der Waals surface area (Å²) in [5.41, 5.74) is 11.6. The lowest BCUT2D eigenvalue weighted by Crippen LogP contribution is -2.17. The molecule has 0 atom stereocenters. The van der Waals surface area contributed by atoms with E-state index in [-0.39, 0.29) is 0 Å². The zero-order valence-electron chi connectivity index (χ0n) is 11.3. The summed E-state index contributed by atoms with van der Waals surface area (Å²) in [6.45, 7) is 7.27. The van der Waals surface area contributed by atoms with Crippen molar-refractivity contribution in [3.8, 4) is 0 Å². The number of benzene rings is 2. The van der Waals surface area contributed by atoms with E-state index >= 15 is 0 Å². The van der Waals surface area contributed by atoms with Gasteiger partial charge in [0.2, 0.25) is 0 Å². The number of hydrogen-bond acceptors (Lipinski definition) is 2. The van der Waals surface area contributed by atoms with Gasteiger partial charge in [0.1, 0.15) is 0 Å². The molecule has 2 aromatic carbocycles. The van der Waals surface area contributed by atoms with Crippen molar-refractivity contribution >= 4 is 17.1 Å². The largest absolute Gasteiger partial charge is 0.398 e. The maximum atomic E-state index is 5.99. The van der Waals surface area contributed by atoms with E-state index in [2.05, 4.69) is 56.0 Å². The fraction of sp³-hybridized carbons (Fsp3) is 0.250. The van der Waals surface area contributed by atoms with Crippen molar-refractivity contribution in [3.63, 3.8) is 0 Å². The molecule has 2 rings (SSSR count). The van der Waals surface area contributed by atoms with Gasteiger partial charge in [-0.3, -0.25) is 0 Å². The molecule has 0 heterocycles. The molecule has 0 saturated carbocycles. The molecule has 0 fully saturated rings. The van der Waals surface area contributed by atoms with Crippen LogP contribution < -0.4 is 10.6 Å². The first-order valence-corrected chi connectivity index (χ1v) is 6.32. The summed E-state index contributed by atoms with van der Waals surface area (Å²) < 4.78 is 0. The summed E-state index contributed by atoms with van der Waals surface area (Å²) in [7, 11) is 0. The zero-order chi connectivity index (χ0) is 13.1. The normalized spacial score (nSPS) is 10.4. The summed E-state index contributed by atoms with van der Waals surface area (Å²) in [6.07, 6.45) is 0. The van der Waals surface area contributed by atoms with E-state index in [1.54, 1.807) is 0 Å². The third-order valence-corrected chi connectivity index (χ3v) is 3.27. The third-order valence-electron chi connectivity index (χ3n) is 3.27. The van der Waals surface area contributed by atoms with Crippen molar-refractivity contribution < 1.29 is 0 Å². The van der Waals surface area contributed by atoms with E-state index in [0.29, 0.717) is 0 Å². The molecule has 0 spiro atoms. The summed E-state index contributed by atoms with van der Waals surface area (Å²) in [6, 6.07) is 14.6. The molecule has 0 aliphatic heterocycles. The highest BCUT2D eigenvalue weighted by molar-refractivity contribution is 5.71. The maximum absolute atomic E-state index is 5.99. The van der Waals surface area contributed by atoms with Gasteiger partial charge in [-0.25, -0.2) is 0 Å². The van der Waals surface area contributed by atoms with Crippen LogP contribution in [-0.4, -0.2) is 6.54 Å². The fourth-order valence-electron chi connectivity index (χ4n) is 2.22. The molecular formula is C16H20N2. The molecule has 0 aliphatic rings. The summed E-state index contributed by atoms with van der Waals surface area (Å²) >= 11 is 0. The minimum absolute atomic E-state index is 0.846. The predicted molar refractivity (Wildman–Crippen MR) is 79.5 cm³/mol. The number of nitrogens with zero attached hydrogens (tertiary/aromatic N) is 1. The minimum Gasteiger partial charge on any atom is -0.398 e. The lowest BCUT2D eigenvalue weighted by Gasteiger charge is -2.26. The van der Waals surface area contributed by atoms with Crippen LogP contribution in [0.5, 0.6) is 0 Å². The van der Waals surface area contributed by atoms with E-state index in [0.717, 1.165) is 17.8 Å². The Hall–Kier alpha value is -1.96. The number of aryl methyl sites for hydroxylation is 1. The Morgan fingerprint density at radius 3 is 2.44 bits per heavy atom. The molecule has 2 nitrogen and oxygen atoms in total. The first-order chi connectivity index (χ1) is 8.63. The van der Waals surface area contributed by atoms with Crippen LogP contribution >= 0.6 is 0 Å². The summed E-state index contributed by atoms with van der Waals surface area (Å²) in [4.78, 5) is 2.29. The number of rotatable bonds is 3. The molecule has 0 aromatic heterocycles. The van der Waals surface area contributed by atoms with E-state index < -0.39 is 0 Å². The average Bonchev–Trinajstić information content (AvgIpc) is 2.35. The number of anilines is 3. The number of nitrogens with two attached hydrogens (primary N) is 1. The molecule has 0 radical (unpaired) electrons. The van der Waals surface area contributed by atoms with Crippen molar-refractivity contribution in [1.82, 2.24) is 0 Å². The molecule has 2 N–H and O–H groups in total. The van der Waals surface area contributed by atoms with Gasteiger partial charge in [0.15, 0.2) is 0 Å². The minimum atomic E-state index is 0.846. The van der Waals surface area contributed by atoms with Crippen LogP contribution in [-0.2, 0) is 0 Å². The van der Waals surface area contributed by atoms with Gasteiger partial charge in [-0.2, -0.15) is 0 Å². The van der Waals surface area contributed by atoms with Gasteiger partial charge in [0.05, 0.1) is 0 Å². The monoisotopic (exact) mass is 240 g/mol. The van der Waals surface area contributed by atoms with Crippen LogP contribution in [0.15, 0.2) is 42.5 Å². The first kappa shape index (κ1) is 12.5. The van der Waals surface area contributed by atoms with E-state index in [4.69, 9.17) is 5.73 Å². The second kappa shape index (κ2) is 5.13. The molecular weight excluding hydrogens is 220 g/mol. The van der Waals surface area contributed by atoms with Crippen molar-refractivity contribution in [2.45, 2.75) is 20.8 Å². The number of hydrogen-bond donors (Lipinski definition) is 1. The van der Waals surface area contributed by atoms with Crippen molar-refractivity contribution in [2.24, 2.45) is 0 Å². The summed E-state index contributed by atoms with van der Waals surface area (Å²) in [5.74, 6) is 0. The van der Waals surface area contributed by atoms with Gasteiger partial charge in [-0.15, -0.1) is 0 Å². The standard InChI is InChI=1S/C16H20N2/c1-4-18(14-8-5-7-12(2)11-14)16-10-6-9-15(17)13(16)3/h5-11H,4,17H2,1-3H3. The lowest BCUT2D eigenvalue weighted by molar-refractivity contribution is 1.01. The molecule has 0 amide bonds. The summed E-state index contributed by atoms with van der Waals surface area (Å²) in [5, 5.41) is 0. The van der Waals surface area contributed by atoms with Crippen LogP contribution in [0.3, 0.4) is 0 Å². The molecule has 94 valence electrons. The third kappa shape index (κ3) is 2.33. The Morgan fingerprint density at radius 2 is 1.78 bits per heavy atom. The Kier molecular flexibility index (Phi) is 3.56. The van der Waals surface area contributed by atoms with E-state index in [1.165, 1.54) is 16.9 Å². The predicted octanol–water partition coefficient (Wildman–Crippen LogP) is 4.04. The Balaban J connectivity index is 2.49. The second-order valence-electron chi connectivity index (χ2n) is 4.57. The molecule has 18 heavy (non-hydrogen) atoms. The van der Waals surface area contributed by atoms with E-state index in [9.17, 15) is 0 Å². The zero-order valence-corrected chi connectivity index (χ0v) is 11.3. The van der Waals surface area contributed by atoms with Crippen molar-refractivity contribution in [3.05, 3.63) is 53.6 Å². The SMILES string of the molecule is CCN(c1cccc(C)c1)c1cccc(N)c1C. The highest BCUT2D eigenvalue weighted by Crippen LogP contribution is 2.31. The van der Waals surface area contributed by atoms with Crippen molar-refractivity contribution in [1.29, 1.82) is 0 Å². The van der Waals surface area contributed by atoms with Gasteiger partial charge in [-0.05, 0) is 56.2 Å². The first-order valence-electron chi connectivity index (χ1n) is 6.32. The van der Waals surface area contributed by atoms with Gasteiger partial charge in [-0.1, -0.05) is 18.2 Å². The highest BCUT2D eigenvalue weighted by atomic mass is 15.1. The highest BCUT2D eigenvalue weighted by Gasteiger charge is 2.10. The molecule has 0 saturated heterocycles. The van der Waals surface area contributed by atoms with Crippen molar-refractivity contribution in [2.75, 3.05) is 17.2 Å². The van der Waals surface area contributed by atoms with Gasteiger partial charge < -0.3 is 10.6 Å². The fourth-order valence-corrected chi connectivity index (χ4v) is 2.22. The quantitative estimate of drug-likeness (QED) is 0.820. The molecule has 0 bridgehead atoms. The average molecular weight is 240 g/mol. The van der Waals surface area contributed by atoms with Gasteiger partial charge >= 0.3 is 0 Å². The van der Waals surface area contributed by atoms with Crippen LogP contribution in [0.4, 0.5) is 17.1 Å². The van der Waals surface area contributed by atoms with Crippen LogP contribution in [0, 0.1) is 13.8 Å². The Bertz CT molecular complexity index is 547. The topological polar surface area (TPSA) is 29.3 Å². The van der Waals surface area contributed by atoms with E-state index in [1.807, 2.05) is 12.1 Å². The van der Waals surface area contributed by atoms with Gasteiger partial charge in [0.25, 0.3) is 0 Å². The Labute approximate surface area is 109 Å². The van der Waals surface area contributed by atoms with Crippen LogP contribution in [0.2, 0.25) is 0 Å². The molecule has 2 aromatic rings. The number of nitrogen functional groups attached to an aromatic ring is 1. The Morgan fingerprint density at radius 1 is 1.06 bits per heavy atom. The molecule has 0 unspecified atom stereocenters. The maximum Gasteiger partial charge on any atom is 0.0461 e. The molecule has 0 aliphatic carbocycles. The smallest absolute Gasteiger partial charge is 0.0461 e. The van der Waals surface area contributed by atoms with Crippen LogP contribution in [0.1, 0.15) is 18.1 Å².